The van der Waals surface area contributed by atoms with Crippen molar-refractivity contribution >= 4 is 23.4 Å². The van der Waals surface area contributed by atoms with Gasteiger partial charge in [-0.3, -0.25) is 4.90 Å². The van der Waals surface area contributed by atoms with Gasteiger partial charge in [0.05, 0.1) is 12.3 Å². The maximum absolute atomic E-state index is 13.2. The second kappa shape index (κ2) is 9.30. The summed E-state index contributed by atoms with van der Waals surface area (Å²) in [6.07, 6.45) is 2.50. The maximum Gasteiger partial charge on any atom is 0.414 e. The minimum absolute atomic E-state index is 0.0220. The van der Waals surface area contributed by atoms with Crippen molar-refractivity contribution in [3.8, 4) is 5.75 Å². The first kappa shape index (κ1) is 22.5. The molecular weight excluding hydrogens is 398 g/mol. The van der Waals surface area contributed by atoms with Gasteiger partial charge in [-0.2, -0.15) is 0 Å². The molecule has 0 saturated carbocycles. The van der Waals surface area contributed by atoms with E-state index in [4.69, 9.17) is 21.1 Å². The van der Waals surface area contributed by atoms with E-state index in [1.54, 1.807) is 4.90 Å². The van der Waals surface area contributed by atoms with Crippen LogP contribution >= 0.6 is 11.6 Å². The van der Waals surface area contributed by atoms with Crippen molar-refractivity contribution in [3.05, 3.63) is 58.1 Å². The van der Waals surface area contributed by atoms with Gasteiger partial charge < -0.3 is 9.47 Å². The Morgan fingerprint density at radius 2 is 1.97 bits per heavy atom. The van der Waals surface area contributed by atoms with Gasteiger partial charge in [0.15, 0.2) is 0 Å². The number of anilines is 1. The Labute approximate surface area is 185 Å². The monoisotopic (exact) mass is 429 g/mol. The first-order chi connectivity index (χ1) is 14.2. The Morgan fingerprint density at radius 3 is 2.63 bits per heavy atom. The van der Waals surface area contributed by atoms with Gasteiger partial charge in [-0.05, 0) is 74.6 Å². The van der Waals surface area contributed by atoms with Crippen LogP contribution in [0.3, 0.4) is 0 Å². The van der Waals surface area contributed by atoms with Gasteiger partial charge in [-0.25, -0.2) is 4.79 Å². The van der Waals surface area contributed by atoms with E-state index in [1.165, 1.54) is 11.1 Å². The van der Waals surface area contributed by atoms with Crippen molar-refractivity contribution in [2.45, 2.75) is 65.4 Å². The molecule has 0 fully saturated rings. The Morgan fingerprint density at radius 1 is 1.20 bits per heavy atom. The zero-order valence-electron chi connectivity index (χ0n) is 18.6. The van der Waals surface area contributed by atoms with Crippen LogP contribution in [0.2, 0.25) is 5.02 Å². The van der Waals surface area contributed by atoms with Crippen molar-refractivity contribution in [2.75, 3.05) is 18.1 Å². The number of aryl methyl sites for hydroxylation is 2. The summed E-state index contributed by atoms with van der Waals surface area (Å²) in [7, 11) is 0. The van der Waals surface area contributed by atoms with Crippen molar-refractivity contribution < 1.29 is 14.3 Å². The molecule has 30 heavy (non-hydrogen) atoms. The molecule has 1 unspecified atom stereocenters. The molecule has 0 radical (unpaired) electrons. The molecule has 162 valence electrons. The Hall–Kier alpha value is -2.20. The predicted octanol–water partition coefficient (Wildman–Crippen LogP) is 6.77. The van der Waals surface area contributed by atoms with Crippen molar-refractivity contribution in [1.29, 1.82) is 0 Å². The quantitative estimate of drug-likeness (QED) is 0.538. The summed E-state index contributed by atoms with van der Waals surface area (Å²) in [4.78, 5) is 14.9. The average Bonchev–Trinajstić information content (AvgIpc) is 2.86. The molecule has 0 saturated heterocycles. The van der Waals surface area contributed by atoms with Crippen molar-refractivity contribution in [3.63, 3.8) is 0 Å². The third-order valence-corrected chi connectivity index (χ3v) is 5.48. The van der Waals surface area contributed by atoms with Crippen LogP contribution in [0.1, 0.15) is 63.6 Å². The first-order valence-electron chi connectivity index (χ1n) is 10.8. The number of carbonyl (C=O) groups is 1. The van der Waals surface area contributed by atoms with Crippen molar-refractivity contribution in [2.24, 2.45) is 0 Å². The molecule has 1 heterocycles. The van der Waals surface area contributed by atoms with Crippen LogP contribution in [0.15, 0.2) is 36.4 Å². The summed E-state index contributed by atoms with van der Waals surface area (Å²) in [6, 6.07) is 12.1. The molecular formula is C25H32ClNO3. The van der Waals surface area contributed by atoms with E-state index >= 15 is 0 Å². The van der Waals surface area contributed by atoms with Crippen LogP contribution in [0.5, 0.6) is 5.75 Å². The lowest BCUT2D eigenvalue weighted by molar-refractivity contribution is 0.0579. The molecule has 0 bridgehead atoms. The lowest BCUT2D eigenvalue weighted by Gasteiger charge is -2.29. The number of nitrogens with zero attached hydrogens (tertiary/aromatic N) is 1. The Kier molecular flexibility index (Phi) is 6.97. The molecule has 1 aliphatic heterocycles. The normalized spacial score (nSPS) is 16.5. The van der Waals surface area contributed by atoms with E-state index in [9.17, 15) is 4.79 Å². The smallest absolute Gasteiger partial charge is 0.414 e. The molecule has 5 heteroatoms. The van der Waals surface area contributed by atoms with E-state index in [2.05, 4.69) is 26.0 Å². The highest BCUT2D eigenvalue weighted by Gasteiger charge is 2.32. The van der Waals surface area contributed by atoms with Gasteiger partial charge in [0.2, 0.25) is 0 Å². The SMILES string of the molecule is CCCc1cc(Cl)ccc1C1COc2ccc(CC)cc2N(C(=O)OC(C)(C)C)C1. The summed E-state index contributed by atoms with van der Waals surface area (Å²) in [6.45, 7) is 10.9. The standard InChI is InChI=1S/C25H32ClNO3/c1-6-8-18-14-20(26)10-11-21(18)19-15-27(24(28)30-25(3,4)5)22-13-17(7-2)9-12-23(22)29-16-19/h9-14,19H,6-8,15-16H2,1-5H3. The highest BCUT2D eigenvalue weighted by molar-refractivity contribution is 6.30. The first-order valence-corrected chi connectivity index (χ1v) is 11.1. The summed E-state index contributed by atoms with van der Waals surface area (Å²) in [5.74, 6) is 0.736. The Bertz CT molecular complexity index is 904. The molecule has 1 amide bonds. The van der Waals surface area contributed by atoms with Crippen LogP contribution in [-0.2, 0) is 17.6 Å². The van der Waals surface area contributed by atoms with E-state index in [0.29, 0.717) is 18.9 Å². The van der Waals surface area contributed by atoms with E-state index in [0.717, 1.165) is 35.5 Å². The molecule has 2 aromatic rings. The molecule has 2 aromatic carbocycles. The average molecular weight is 430 g/mol. The number of amides is 1. The third kappa shape index (κ3) is 5.28. The second-order valence-electron chi connectivity index (χ2n) is 8.85. The summed E-state index contributed by atoms with van der Waals surface area (Å²) >= 11 is 6.27. The molecule has 4 nitrogen and oxygen atoms in total. The van der Waals surface area contributed by atoms with Gasteiger partial charge >= 0.3 is 6.09 Å². The predicted molar refractivity (Wildman–Crippen MR) is 123 cm³/mol. The molecule has 0 aromatic heterocycles. The van der Waals surface area contributed by atoms with Crippen LogP contribution in [0, 0.1) is 0 Å². The fourth-order valence-corrected chi connectivity index (χ4v) is 4.01. The zero-order valence-corrected chi connectivity index (χ0v) is 19.4. The third-order valence-electron chi connectivity index (χ3n) is 5.24. The fourth-order valence-electron chi connectivity index (χ4n) is 3.81. The minimum atomic E-state index is -0.573. The largest absolute Gasteiger partial charge is 0.491 e. The molecule has 1 atom stereocenters. The fraction of sp³-hybridized carbons (Fsp3) is 0.480. The summed E-state index contributed by atoms with van der Waals surface area (Å²) in [5, 5.41) is 0.733. The number of carbonyl (C=O) groups excluding carboxylic acids is 1. The van der Waals surface area contributed by atoms with Gasteiger partial charge in [-0.15, -0.1) is 0 Å². The number of hydrogen-bond donors (Lipinski definition) is 0. The van der Waals surface area contributed by atoms with Gasteiger partial charge in [-0.1, -0.05) is 44.0 Å². The number of fused-ring (bicyclic) bond motifs is 1. The molecule has 1 aliphatic rings. The Balaban J connectivity index is 2.02. The maximum atomic E-state index is 13.2. The van der Waals surface area contributed by atoms with Gasteiger partial charge in [0.1, 0.15) is 11.4 Å². The van der Waals surface area contributed by atoms with Crippen LogP contribution in [-0.4, -0.2) is 24.8 Å². The van der Waals surface area contributed by atoms with Crippen LogP contribution in [0.4, 0.5) is 10.5 Å². The van der Waals surface area contributed by atoms with Crippen molar-refractivity contribution in [1.82, 2.24) is 0 Å². The number of hydrogen-bond acceptors (Lipinski definition) is 3. The highest BCUT2D eigenvalue weighted by Crippen LogP contribution is 2.37. The molecule has 0 N–H and O–H groups in total. The number of halogens is 1. The zero-order chi connectivity index (χ0) is 21.9. The molecule has 0 aliphatic carbocycles. The topological polar surface area (TPSA) is 38.8 Å². The molecule has 3 rings (SSSR count). The van der Waals surface area contributed by atoms with Crippen LogP contribution < -0.4 is 9.64 Å². The summed E-state index contributed by atoms with van der Waals surface area (Å²) in [5.41, 5.74) is 3.75. The number of rotatable bonds is 4. The lowest BCUT2D eigenvalue weighted by atomic mass is 9.92. The van der Waals surface area contributed by atoms with Gasteiger partial charge in [0.25, 0.3) is 0 Å². The van der Waals surface area contributed by atoms with Crippen LogP contribution in [0.25, 0.3) is 0 Å². The van der Waals surface area contributed by atoms with Gasteiger partial charge in [0, 0.05) is 17.5 Å². The minimum Gasteiger partial charge on any atom is -0.491 e. The summed E-state index contributed by atoms with van der Waals surface area (Å²) < 4.78 is 12.0. The number of ether oxygens (including phenoxy) is 2. The van der Waals surface area contributed by atoms with E-state index in [1.807, 2.05) is 45.0 Å². The molecule has 0 spiro atoms. The number of benzene rings is 2. The van der Waals surface area contributed by atoms with E-state index in [-0.39, 0.29) is 12.0 Å². The lowest BCUT2D eigenvalue weighted by Crippen LogP contribution is -2.39. The van der Waals surface area contributed by atoms with E-state index < -0.39 is 5.60 Å². The second-order valence-corrected chi connectivity index (χ2v) is 9.28. The highest BCUT2D eigenvalue weighted by atomic mass is 35.5.